The summed E-state index contributed by atoms with van der Waals surface area (Å²) in [6.07, 6.45) is 0.316. The highest BCUT2D eigenvalue weighted by Crippen LogP contribution is 2.41. The molecule has 14 heteroatoms. The fraction of sp³-hybridized carbons (Fsp3) is 0.300. The highest BCUT2D eigenvalue weighted by atomic mass is 79.9. The van der Waals surface area contributed by atoms with E-state index in [-0.39, 0.29) is 11.4 Å². The molecule has 4 rings (SSSR count). The van der Waals surface area contributed by atoms with Gasteiger partial charge in [0.2, 0.25) is 0 Å². The van der Waals surface area contributed by atoms with Gasteiger partial charge in [-0.25, -0.2) is 9.69 Å². The molecule has 1 aliphatic rings. The summed E-state index contributed by atoms with van der Waals surface area (Å²) >= 11 is 17.4. The minimum Gasteiger partial charge on any atom is -0.492 e. The maximum absolute atomic E-state index is 13.2. The predicted molar refractivity (Wildman–Crippen MR) is 131 cm³/mol. The predicted octanol–water partition coefficient (Wildman–Crippen LogP) is 5.00. The lowest BCUT2D eigenvalue weighted by Gasteiger charge is -2.30. The van der Waals surface area contributed by atoms with Crippen molar-refractivity contribution in [1.82, 2.24) is 20.2 Å². The van der Waals surface area contributed by atoms with Crippen molar-refractivity contribution < 1.29 is 19.5 Å². The van der Waals surface area contributed by atoms with E-state index in [0.717, 1.165) is 8.66 Å². The number of carbonyl (C=O) groups excluding carboxylic acids is 1. The second kappa shape index (κ2) is 10.5. The molecule has 3 heterocycles. The quantitative estimate of drug-likeness (QED) is 0.304. The summed E-state index contributed by atoms with van der Waals surface area (Å²) in [6.45, 7) is 0.780. The highest BCUT2D eigenvalue weighted by molar-refractivity contribution is 9.11. The molecule has 34 heavy (non-hydrogen) atoms. The molecular weight excluding hydrogens is 573 g/mol. The molecule has 1 aromatic carbocycles. The number of thiophene rings is 1. The lowest BCUT2D eigenvalue weighted by molar-refractivity contribution is -0.769. The zero-order valence-corrected chi connectivity index (χ0v) is 21.6. The summed E-state index contributed by atoms with van der Waals surface area (Å²) in [5.41, 5.74) is 3.96. The van der Waals surface area contributed by atoms with Crippen molar-refractivity contribution in [3.63, 3.8) is 0 Å². The molecule has 1 saturated heterocycles. The van der Waals surface area contributed by atoms with Gasteiger partial charge in [-0.05, 0) is 59.1 Å². The first-order chi connectivity index (χ1) is 16.3. The molecule has 0 radical (unpaired) electrons. The molecule has 0 unspecified atom stereocenters. The fourth-order valence-electron chi connectivity index (χ4n) is 3.62. The van der Waals surface area contributed by atoms with E-state index in [2.05, 4.69) is 31.3 Å². The molecule has 0 aliphatic carbocycles. The van der Waals surface area contributed by atoms with Crippen molar-refractivity contribution in [1.29, 1.82) is 0 Å². The van der Waals surface area contributed by atoms with Crippen LogP contribution in [0.3, 0.4) is 0 Å². The Kier molecular flexibility index (Phi) is 7.63. The molecule has 0 bridgehead atoms. The Labute approximate surface area is 216 Å². The molecule has 0 spiro atoms. The summed E-state index contributed by atoms with van der Waals surface area (Å²) in [5, 5.41) is 16.8. The smallest absolute Gasteiger partial charge is 0.294 e. The van der Waals surface area contributed by atoms with Gasteiger partial charge in [-0.15, -0.1) is 21.5 Å². The largest absolute Gasteiger partial charge is 0.492 e. The molecule has 0 atom stereocenters. The summed E-state index contributed by atoms with van der Waals surface area (Å²) < 4.78 is 8.09. The Morgan fingerprint density at radius 2 is 2.03 bits per heavy atom. The fourth-order valence-corrected chi connectivity index (χ4v) is 5.52. The summed E-state index contributed by atoms with van der Waals surface area (Å²) in [6, 6.07) is 8.76. The number of hydrazine groups is 1. The molecule has 1 amide bonds. The third-order valence-electron chi connectivity index (χ3n) is 5.14. The number of carbonyl (C=O) groups is 1. The number of hydrogen-bond donors (Lipinski definition) is 1. The van der Waals surface area contributed by atoms with Gasteiger partial charge in [-0.1, -0.05) is 23.2 Å². The Bertz CT molecular complexity index is 1230. The topological polar surface area (TPSA) is 112 Å². The van der Waals surface area contributed by atoms with Crippen molar-refractivity contribution in [2.24, 2.45) is 0 Å². The van der Waals surface area contributed by atoms with Crippen LogP contribution in [0.5, 0.6) is 5.75 Å². The van der Waals surface area contributed by atoms with Gasteiger partial charge >= 0.3 is 0 Å². The number of rotatable bonds is 7. The van der Waals surface area contributed by atoms with Crippen molar-refractivity contribution in [2.45, 2.75) is 18.9 Å². The Morgan fingerprint density at radius 3 is 2.62 bits per heavy atom. The van der Waals surface area contributed by atoms with Gasteiger partial charge in [0, 0.05) is 18.1 Å². The minimum absolute atomic E-state index is 0.0664. The summed E-state index contributed by atoms with van der Waals surface area (Å²) in [4.78, 5) is 29.2. The molecule has 1 fully saturated rings. The number of ether oxygens (including phenoxy) is 1. The number of nitrogens with one attached hydrogen (secondary N) is 1. The van der Waals surface area contributed by atoms with Crippen LogP contribution < -0.4 is 10.2 Å². The van der Waals surface area contributed by atoms with E-state index in [0.29, 0.717) is 47.4 Å². The van der Waals surface area contributed by atoms with E-state index in [4.69, 9.17) is 27.9 Å². The average molecular weight is 591 g/mol. The summed E-state index contributed by atoms with van der Waals surface area (Å²) in [7, 11) is 1.47. The third-order valence-corrected chi connectivity index (χ3v) is 7.31. The van der Waals surface area contributed by atoms with Crippen LogP contribution in [-0.2, 0) is 4.84 Å². The van der Waals surface area contributed by atoms with E-state index >= 15 is 0 Å². The number of methoxy groups -OCH3 is 1. The second-order valence-corrected chi connectivity index (χ2v) is 10.6. The van der Waals surface area contributed by atoms with E-state index in [9.17, 15) is 14.9 Å². The lowest BCUT2D eigenvalue weighted by atomic mass is 10.1. The highest BCUT2D eigenvalue weighted by Gasteiger charge is 2.30. The molecule has 180 valence electrons. The van der Waals surface area contributed by atoms with E-state index < -0.39 is 17.1 Å². The number of halogens is 3. The van der Waals surface area contributed by atoms with Crippen molar-refractivity contribution >= 4 is 56.4 Å². The van der Waals surface area contributed by atoms with Crippen LogP contribution in [-0.4, -0.2) is 52.1 Å². The molecule has 0 saturated carbocycles. The van der Waals surface area contributed by atoms with Crippen LogP contribution in [0, 0.1) is 10.1 Å². The van der Waals surface area contributed by atoms with Crippen LogP contribution in [0.4, 0.5) is 0 Å². The molecule has 3 aromatic rings. The number of amides is 1. The number of aromatic nitrogens is 2. The Balaban J connectivity index is 1.67. The summed E-state index contributed by atoms with van der Waals surface area (Å²) in [5.74, 6) is -0.198. The van der Waals surface area contributed by atoms with Gasteiger partial charge < -0.3 is 9.57 Å². The number of piperidine rings is 1. The first-order valence-corrected chi connectivity index (χ1v) is 12.4. The molecule has 2 aromatic heterocycles. The van der Waals surface area contributed by atoms with Crippen LogP contribution in [0.1, 0.15) is 23.3 Å². The van der Waals surface area contributed by atoms with Gasteiger partial charge in [-0.3, -0.25) is 10.2 Å². The van der Waals surface area contributed by atoms with Crippen LogP contribution >= 0.6 is 50.5 Å². The van der Waals surface area contributed by atoms with Crippen molar-refractivity contribution in [2.75, 3.05) is 20.2 Å². The van der Waals surface area contributed by atoms with Gasteiger partial charge in [0.15, 0.2) is 11.4 Å². The lowest BCUT2D eigenvalue weighted by Crippen LogP contribution is -2.48. The monoisotopic (exact) mass is 589 g/mol. The van der Waals surface area contributed by atoms with E-state index in [1.807, 2.05) is 12.1 Å². The van der Waals surface area contributed by atoms with Gasteiger partial charge in [0.05, 0.1) is 26.5 Å². The van der Waals surface area contributed by atoms with Crippen LogP contribution in [0.15, 0.2) is 34.1 Å². The van der Waals surface area contributed by atoms with Gasteiger partial charge in [0.1, 0.15) is 11.8 Å². The maximum atomic E-state index is 13.2. The molecular formula is C20H18BrCl2N5O5S. The molecule has 1 N–H and O–H groups in total. The first-order valence-electron chi connectivity index (χ1n) is 10.0. The second-order valence-electron chi connectivity index (χ2n) is 7.30. The zero-order chi connectivity index (χ0) is 24.4. The van der Waals surface area contributed by atoms with Gasteiger partial charge in [0.25, 0.3) is 11.0 Å². The zero-order valence-electron chi connectivity index (χ0n) is 17.7. The number of nitrogens with zero attached hydrogens (tertiary/aromatic N) is 4. The van der Waals surface area contributed by atoms with Crippen LogP contribution in [0.2, 0.25) is 10.0 Å². The number of hydrogen-bond acceptors (Lipinski definition) is 8. The SMILES string of the molecule is COc1c(C(=O)NN2CCC(O[N+](=O)[O-])CC2)nn(-c2ccc(Cl)cc2Cl)c1-c1ccc(Br)s1. The van der Waals surface area contributed by atoms with Crippen LogP contribution in [0.25, 0.3) is 16.3 Å². The maximum Gasteiger partial charge on any atom is 0.294 e. The molecule has 1 aliphatic heterocycles. The number of benzene rings is 1. The van der Waals surface area contributed by atoms with Crippen molar-refractivity contribution in [3.05, 3.63) is 60.0 Å². The van der Waals surface area contributed by atoms with E-state index in [1.54, 1.807) is 27.9 Å². The Hall–Kier alpha value is -2.38. The van der Waals surface area contributed by atoms with Gasteiger partial charge in [-0.2, -0.15) is 5.10 Å². The normalized spacial score (nSPS) is 14.7. The average Bonchev–Trinajstić information content (AvgIpc) is 3.38. The van der Waals surface area contributed by atoms with E-state index in [1.165, 1.54) is 18.4 Å². The first kappa shape index (κ1) is 24.7. The standard InChI is InChI=1S/C20H18BrCl2N5O5S/c1-32-19-17(20(29)25-26-8-6-12(7-9-26)33-28(30)31)24-27(14-3-2-11(22)10-13(14)23)18(19)15-4-5-16(21)34-15/h2-5,10,12H,6-9H2,1H3,(H,25,29). The Morgan fingerprint density at radius 1 is 1.29 bits per heavy atom. The third kappa shape index (κ3) is 5.31. The molecule has 10 nitrogen and oxygen atoms in total. The minimum atomic E-state index is -0.789. The van der Waals surface area contributed by atoms with Crippen molar-refractivity contribution in [3.8, 4) is 22.0 Å².